The van der Waals surface area contributed by atoms with Gasteiger partial charge in [0.15, 0.2) is 0 Å². The summed E-state index contributed by atoms with van der Waals surface area (Å²) in [5.41, 5.74) is 0.672. The largest absolute Gasteiger partial charge is 0.495 e. The number of carbonyl (C=O) groups is 1. The number of rotatable bonds is 5. The molecule has 0 spiro atoms. The van der Waals surface area contributed by atoms with Gasteiger partial charge in [-0.25, -0.2) is 13.6 Å². The van der Waals surface area contributed by atoms with E-state index in [0.717, 1.165) is 12.1 Å². The van der Waals surface area contributed by atoms with E-state index in [2.05, 4.69) is 5.32 Å². The van der Waals surface area contributed by atoms with Crippen molar-refractivity contribution in [3.63, 3.8) is 0 Å². The van der Waals surface area contributed by atoms with Gasteiger partial charge in [0.1, 0.15) is 10.6 Å². The van der Waals surface area contributed by atoms with Crippen LogP contribution in [0, 0.1) is 6.92 Å². The molecule has 10 heteroatoms. The first kappa shape index (κ1) is 23.3. The smallest absolute Gasteiger partial charge is 0.417 e. The Morgan fingerprint density at radius 2 is 1.69 bits per heavy atom. The number of amides is 1. The molecule has 32 heavy (non-hydrogen) atoms. The summed E-state index contributed by atoms with van der Waals surface area (Å²) in [5.74, 6) is -0.650. The fraction of sp³-hybridized carbons (Fsp3) is 0.136. The molecular weight excluding hydrogens is 445 g/mol. The summed E-state index contributed by atoms with van der Waals surface area (Å²) in [7, 11) is -2.79. The number of halogens is 3. The third kappa shape index (κ3) is 4.92. The van der Waals surface area contributed by atoms with Crippen LogP contribution >= 0.6 is 0 Å². The number of hydrogen-bond acceptors (Lipinski definition) is 4. The van der Waals surface area contributed by atoms with Gasteiger partial charge in [0.05, 0.1) is 12.7 Å². The molecule has 6 nitrogen and oxygen atoms in total. The van der Waals surface area contributed by atoms with Gasteiger partial charge >= 0.3 is 6.18 Å². The lowest BCUT2D eigenvalue weighted by molar-refractivity contribution is -0.137. The number of nitrogens with two attached hydrogens (primary N) is 1. The number of benzene rings is 3. The first-order chi connectivity index (χ1) is 14.9. The lowest BCUT2D eigenvalue weighted by Gasteiger charge is -2.15. The SMILES string of the molecule is COc1cc(C(=O)Nc2ccc(-c3ccccc3C(F)(F)F)c(C)c2)ccc1S(N)(=O)=O. The van der Waals surface area contributed by atoms with Gasteiger partial charge < -0.3 is 10.1 Å². The average Bonchev–Trinajstić information content (AvgIpc) is 2.72. The molecule has 3 rings (SSSR count). The second kappa shape index (κ2) is 8.64. The molecular formula is C22H19F3N2O4S. The highest BCUT2D eigenvalue weighted by Crippen LogP contribution is 2.38. The van der Waals surface area contributed by atoms with Crippen molar-refractivity contribution in [2.75, 3.05) is 12.4 Å². The van der Waals surface area contributed by atoms with E-state index in [1.165, 1.54) is 49.6 Å². The monoisotopic (exact) mass is 464 g/mol. The van der Waals surface area contributed by atoms with E-state index in [1.54, 1.807) is 13.0 Å². The minimum absolute atomic E-state index is 0.0405. The maximum Gasteiger partial charge on any atom is 0.417 e. The Labute approximate surface area is 182 Å². The topological polar surface area (TPSA) is 98.5 Å². The minimum atomic E-state index is -4.50. The molecule has 0 fully saturated rings. The summed E-state index contributed by atoms with van der Waals surface area (Å²) in [6, 6.07) is 13.5. The number of methoxy groups -OCH3 is 1. The summed E-state index contributed by atoms with van der Waals surface area (Å²) < 4.78 is 68.2. The summed E-state index contributed by atoms with van der Waals surface area (Å²) in [4.78, 5) is 12.3. The number of anilines is 1. The zero-order valence-corrected chi connectivity index (χ0v) is 17.8. The van der Waals surface area contributed by atoms with E-state index < -0.39 is 27.7 Å². The van der Waals surface area contributed by atoms with Crippen LogP contribution in [0.25, 0.3) is 11.1 Å². The third-order valence-electron chi connectivity index (χ3n) is 4.74. The standard InChI is InChI=1S/C22H19F3N2O4S/c1-13-11-15(8-9-16(13)17-5-3-4-6-18(17)22(23,24)25)27-21(28)14-7-10-20(32(26,29)30)19(12-14)31-2/h3-12H,1-2H3,(H,27,28)(H2,26,29,30). The molecule has 0 saturated carbocycles. The fourth-order valence-electron chi connectivity index (χ4n) is 3.26. The van der Waals surface area contributed by atoms with Crippen LogP contribution in [0.1, 0.15) is 21.5 Å². The number of sulfonamides is 1. The van der Waals surface area contributed by atoms with Crippen LogP contribution in [0.5, 0.6) is 5.75 Å². The van der Waals surface area contributed by atoms with Crippen molar-refractivity contribution in [2.24, 2.45) is 5.14 Å². The quantitative estimate of drug-likeness (QED) is 0.577. The van der Waals surface area contributed by atoms with Gasteiger partial charge in [-0.1, -0.05) is 24.3 Å². The predicted octanol–water partition coefficient (Wildman–Crippen LogP) is 4.59. The van der Waals surface area contributed by atoms with Crippen LogP contribution < -0.4 is 15.2 Å². The lowest BCUT2D eigenvalue weighted by Crippen LogP contribution is -2.16. The van der Waals surface area contributed by atoms with E-state index in [-0.39, 0.29) is 21.8 Å². The fourth-order valence-corrected chi connectivity index (χ4v) is 3.94. The van der Waals surface area contributed by atoms with Crippen molar-refractivity contribution in [1.29, 1.82) is 0 Å². The Morgan fingerprint density at radius 3 is 2.28 bits per heavy atom. The highest BCUT2D eigenvalue weighted by Gasteiger charge is 2.33. The van der Waals surface area contributed by atoms with E-state index in [4.69, 9.17) is 9.88 Å². The van der Waals surface area contributed by atoms with Gasteiger partial charge in [-0.05, 0) is 60.0 Å². The lowest BCUT2D eigenvalue weighted by atomic mass is 9.95. The summed E-state index contributed by atoms with van der Waals surface area (Å²) >= 11 is 0. The van der Waals surface area contributed by atoms with Crippen LogP contribution in [0.4, 0.5) is 18.9 Å². The molecule has 0 atom stereocenters. The number of alkyl halides is 3. The van der Waals surface area contributed by atoms with Crippen LogP contribution in [-0.4, -0.2) is 21.4 Å². The van der Waals surface area contributed by atoms with Crippen molar-refractivity contribution in [3.05, 3.63) is 77.4 Å². The number of hydrogen-bond donors (Lipinski definition) is 2. The van der Waals surface area contributed by atoms with Gasteiger partial charge in [-0.2, -0.15) is 13.2 Å². The maximum atomic E-state index is 13.4. The van der Waals surface area contributed by atoms with Gasteiger partial charge in [0.2, 0.25) is 10.0 Å². The molecule has 3 aromatic rings. The Balaban J connectivity index is 1.90. The third-order valence-corrected chi connectivity index (χ3v) is 5.69. The van der Waals surface area contributed by atoms with E-state index in [0.29, 0.717) is 16.8 Å². The van der Waals surface area contributed by atoms with Crippen molar-refractivity contribution in [3.8, 4) is 16.9 Å². The van der Waals surface area contributed by atoms with E-state index >= 15 is 0 Å². The molecule has 0 saturated heterocycles. The Bertz CT molecular complexity index is 1290. The number of ether oxygens (including phenoxy) is 1. The molecule has 0 bridgehead atoms. The van der Waals surface area contributed by atoms with Crippen LogP contribution in [0.15, 0.2) is 65.6 Å². The highest BCUT2D eigenvalue weighted by molar-refractivity contribution is 7.89. The van der Waals surface area contributed by atoms with Crippen molar-refractivity contribution in [1.82, 2.24) is 0 Å². The average molecular weight is 464 g/mol. The van der Waals surface area contributed by atoms with Crippen LogP contribution in [-0.2, 0) is 16.2 Å². The molecule has 0 aliphatic heterocycles. The molecule has 0 aliphatic rings. The van der Waals surface area contributed by atoms with Crippen molar-refractivity contribution < 1.29 is 31.1 Å². The number of aryl methyl sites for hydroxylation is 1. The molecule has 168 valence electrons. The first-order valence-electron chi connectivity index (χ1n) is 9.21. The van der Waals surface area contributed by atoms with E-state index in [9.17, 15) is 26.4 Å². The van der Waals surface area contributed by atoms with E-state index in [1.807, 2.05) is 0 Å². The molecule has 3 N–H and O–H groups in total. The summed E-state index contributed by atoms with van der Waals surface area (Å²) in [6.07, 6.45) is -4.50. The molecule has 1 amide bonds. The second-order valence-electron chi connectivity index (χ2n) is 6.94. The molecule has 0 unspecified atom stereocenters. The van der Waals surface area contributed by atoms with Gasteiger partial charge in [-0.3, -0.25) is 4.79 Å². The van der Waals surface area contributed by atoms with Crippen molar-refractivity contribution >= 4 is 21.6 Å². The first-order valence-corrected chi connectivity index (χ1v) is 10.8. The Hall–Kier alpha value is -3.37. The maximum absolute atomic E-state index is 13.4. The number of nitrogens with one attached hydrogen (secondary N) is 1. The van der Waals surface area contributed by atoms with Crippen molar-refractivity contribution in [2.45, 2.75) is 18.0 Å². The van der Waals surface area contributed by atoms with Gasteiger partial charge in [0, 0.05) is 11.3 Å². The summed E-state index contributed by atoms with van der Waals surface area (Å²) in [5, 5.41) is 7.76. The molecule has 0 aliphatic carbocycles. The van der Waals surface area contributed by atoms with Crippen LogP contribution in [0.2, 0.25) is 0 Å². The van der Waals surface area contributed by atoms with Gasteiger partial charge in [-0.15, -0.1) is 0 Å². The molecule has 0 radical (unpaired) electrons. The predicted molar refractivity (Wildman–Crippen MR) is 114 cm³/mol. The van der Waals surface area contributed by atoms with Crippen LogP contribution in [0.3, 0.4) is 0 Å². The second-order valence-corrected chi connectivity index (χ2v) is 8.47. The zero-order valence-electron chi connectivity index (χ0n) is 17.0. The zero-order chi connectivity index (χ0) is 23.7. The minimum Gasteiger partial charge on any atom is -0.495 e. The summed E-state index contributed by atoms with van der Waals surface area (Å²) in [6.45, 7) is 1.64. The Morgan fingerprint density at radius 1 is 1.00 bits per heavy atom. The molecule has 3 aromatic carbocycles. The highest BCUT2D eigenvalue weighted by atomic mass is 32.2. The molecule has 0 heterocycles. The normalized spacial score (nSPS) is 11.8. The van der Waals surface area contributed by atoms with Gasteiger partial charge in [0.25, 0.3) is 5.91 Å². The number of primary sulfonamides is 1. The molecule has 0 aromatic heterocycles. The number of carbonyl (C=O) groups excluding carboxylic acids is 1. The Kier molecular flexibility index (Phi) is 6.29.